The van der Waals surface area contributed by atoms with Gasteiger partial charge in [0.2, 0.25) is 5.91 Å². The van der Waals surface area contributed by atoms with Crippen LogP contribution in [0.3, 0.4) is 0 Å². The van der Waals surface area contributed by atoms with E-state index >= 15 is 0 Å². The molecule has 0 atom stereocenters. The molecule has 2 N–H and O–H groups in total. The topological polar surface area (TPSA) is 87.7 Å². The third-order valence-corrected chi connectivity index (χ3v) is 5.47. The number of anilines is 1. The first kappa shape index (κ1) is 24.3. The minimum absolute atomic E-state index is 0.0764. The van der Waals surface area contributed by atoms with Gasteiger partial charge in [-0.15, -0.1) is 0 Å². The molecule has 1 fully saturated rings. The lowest BCUT2D eigenvalue weighted by molar-refractivity contribution is -0.133. The zero-order valence-electron chi connectivity index (χ0n) is 18.8. The van der Waals surface area contributed by atoms with Crippen molar-refractivity contribution in [3.05, 3.63) is 64.7 Å². The zero-order chi connectivity index (χ0) is 23.8. The van der Waals surface area contributed by atoms with E-state index in [1.54, 1.807) is 53.4 Å². The molecular weight excluding hydrogens is 442 g/mol. The Morgan fingerprint density at radius 2 is 1.79 bits per heavy atom. The molecule has 0 aromatic heterocycles. The molecule has 1 aliphatic carbocycles. The van der Waals surface area contributed by atoms with Gasteiger partial charge >= 0.3 is 0 Å². The Labute approximate surface area is 198 Å². The fraction of sp³-hybridized carbons (Fsp3) is 0.320. The molecule has 2 aromatic rings. The molecule has 0 radical (unpaired) electrons. The number of ether oxygens (including phenoxy) is 1. The summed E-state index contributed by atoms with van der Waals surface area (Å²) in [5.41, 5.74) is 1.90. The van der Waals surface area contributed by atoms with Crippen LogP contribution in [0.25, 0.3) is 6.08 Å². The van der Waals surface area contributed by atoms with Gasteiger partial charge in [-0.1, -0.05) is 23.7 Å². The maximum atomic E-state index is 12.3. The first-order chi connectivity index (χ1) is 15.9. The fourth-order valence-electron chi connectivity index (χ4n) is 3.10. The van der Waals surface area contributed by atoms with E-state index in [2.05, 4.69) is 10.6 Å². The Morgan fingerprint density at radius 3 is 2.39 bits per heavy atom. The summed E-state index contributed by atoms with van der Waals surface area (Å²) in [6.07, 6.45) is 5.15. The Bertz CT molecular complexity index is 1030. The zero-order valence-corrected chi connectivity index (χ0v) is 19.5. The molecule has 1 saturated carbocycles. The molecule has 0 saturated heterocycles. The van der Waals surface area contributed by atoms with Gasteiger partial charge in [0.15, 0.2) is 6.61 Å². The number of hydrogen-bond donors (Lipinski definition) is 2. The fourth-order valence-corrected chi connectivity index (χ4v) is 3.34. The third kappa shape index (κ3) is 7.36. The summed E-state index contributed by atoms with van der Waals surface area (Å²) in [5, 5.41) is 5.97. The number of carbonyl (C=O) groups is 3. The van der Waals surface area contributed by atoms with Crippen molar-refractivity contribution in [3.8, 4) is 5.75 Å². The molecule has 3 amide bonds. The van der Waals surface area contributed by atoms with Gasteiger partial charge in [-0.3, -0.25) is 14.4 Å². The maximum Gasteiger partial charge on any atom is 0.260 e. The van der Waals surface area contributed by atoms with Crippen molar-refractivity contribution in [1.82, 2.24) is 10.2 Å². The molecule has 0 bridgehead atoms. The van der Waals surface area contributed by atoms with Crippen LogP contribution in [-0.4, -0.2) is 48.4 Å². The minimum atomic E-state index is -0.327. The molecule has 7 nitrogen and oxygen atoms in total. The van der Waals surface area contributed by atoms with Gasteiger partial charge in [-0.2, -0.15) is 0 Å². The van der Waals surface area contributed by atoms with Crippen LogP contribution in [0, 0.1) is 0 Å². The average molecular weight is 470 g/mol. The van der Waals surface area contributed by atoms with E-state index < -0.39 is 0 Å². The highest BCUT2D eigenvalue weighted by molar-refractivity contribution is 6.32. The lowest BCUT2D eigenvalue weighted by Gasteiger charge is -2.19. The highest BCUT2D eigenvalue weighted by Crippen LogP contribution is 2.28. The number of rotatable bonds is 10. The number of amides is 3. The largest absolute Gasteiger partial charge is 0.482 e. The summed E-state index contributed by atoms with van der Waals surface area (Å²) in [5.74, 6) is -0.147. The highest BCUT2D eigenvalue weighted by Gasteiger charge is 2.23. The van der Waals surface area contributed by atoms with Crippen LogP contribution in [0.2, 0.25) is 5.02 Å². The molecule has 8 heteroatoms. The molecule has 33 heavy (non-hydrogen) atoms. The van der Waals surface area contributed by atoms with Crippen molar-refractivity contribution in [2.24, 2.45) is 0 Å². The van der Waals surface area contributed by atoms with Gasteiger partial charge in [-0.05, 0) is 68.7 Å². The Kier molecular flexibility index (Phi) is 8.49. The van der Waals surface area contributed by atoms with Crippen molar-refractivity contribution in [3.63, 3.8) is 0 Å². The number of likely N-dealkylation sites (N-methyl/N-ethyl adjacent to an activating group) is 1. The van der Waals surface area contributed by atoms with E-state index in [1.165, 1.54) is 6.08 Å². The summed E-state index contributed by atoms with van der Waals surface area (Å²) in [7, 11) is 0. The van der Waals surface area contributed by atoms with Gasteiger partial charge in [0, 0.05) is 36.5 Å². The normalized spacial score (nSPS) is 12.9. The second kappa shape index (κ2) is 11.5. The molecule has 0 unspecified atom stereocenters. The molecule has 0 spiro atoms. The Balaban J connectivity index is 1.51. The number of nitrogens with one attached hydrogen (secondary N) is 2. The van der Waals surface area contributed by atoms with Crippen molar-refractivity contribution in [2.75, 3.05) is 25.0 Å². The van der Waals surface area contributed by atoms with Crippen LogP contribution < -0.4 is 15.4 Å². The van der Waals surface area contributed by atoms with Gasteiger partial charge in [0.05, 0.1) is 5.02 Å². The predicted molar refractivity (Wildman–Crippen MR) is 129 cm³/mol. The van der Waals surface area contributed by atoms with E-state index in [9.17, 15) is 14.4 Å². The third-order valence-electron chi connectivity index (χ3n) is 5.18. The number of halogens is 1. The molecular formula is C25H28ClN3O4. The van der Waals surface area contributed by atoms with Crippen LogP contribution >= 0.6 is 11.6 Å². The molecule has 1 aliphatic rings. The monoisotopic (exact) mass is 469 g/mol. The molecule has 3 rings (SSSR count). The number of carbonyl (C=O) groups excluding carboxylic acids is 3. The summed E-state index contributed by atoms with van der Waals surface area (Å²) in [6.45, 7) is 4.94. The lowest BCUT2D eigenvalue weighted by atomic mass is 10.1. The van der Waals surface area contributed by atoms with E-state index in [0.29, 0.717) is 41.2 Å². The Morgan fingerprint density at radius 1 is 1.09 bits per heavy atom. The summed E-state index contributed by atoms with van der Waals surface area (Å²) in [4.78, 5) is 38.0. The first-order valence-corrected chi connectivity index (χ1v) is 11.4. The number of hydrogen-bond acceptors (Lipinski definition) is 4. The summed E-state index contributed by atoms with van der Waals surface area (Å²) >= 11 is 6.24. The second-order valence-electron chi connectivity index (χ2n) is 7.69. The first-order valence-electron chi connectivity index (χ1n) is 11.0. The maximum absolute atomic E-state index is 12.3. The van der Waals surface area contributed by atoms with E-state index in [4.69, 9.17) is 16.3 Å². The van der Waals surface area contributed by atoms with Gasteiger partial charge in [-0.25, -0.2) is 0 Å². The highest BCUT2D eigenvalue weighted by atomic mass is 35.5. The standard InChI is InChI=1S/C25H28ClN3O4/c1-3-29(4-2)24(31)16-33-22-13-12-20(15-21(22)26)27-23(30)14-7-17-5-8-18(9-6-17)25(32)28-19-10-11-19/h5-9,12-15,19H,3-4,10-11,16H2,1-2H3,(H,27,30)(H,28,32)/b14-7+. The Hall–Kier alpha value is -3.32. The van der Waals surface area contributed by atoms with Crippen LogP contribution in [-0.2, 0) is 9.59 Å². The average Bonchev–Trinajstić information content (AvgIpc) is 3.62. The van der Waals surface area contributed by atoms with Crippen LogP contribution in [0.15, 0.2) is 48.5 Å². The van der Waals surface area contributed by atoms with Crippen molar-refractivity contribution in [1.29, 1.82) is 0 Å². The molecule has 174 valence electrons. The smallest absolute Gasteiger partial charge is 0.260 e. The molecule has 0 heterocycles. The van der Waals surface area contributed by atoms with Gasteiger partial charge < -0.3 is 20.3 Å². The number of nitrogens with zero attached hydrogens (tertiary/aromatic N) is 1. The van der Waals surface area contributed by atoms with Gasteiger partial charge in [0.25, 0.3) is 11.8 Å². The quantitative estimate of drug-likeness (QED) is 0.512. The predicted octanol–water partition coefficient (Wildman–Crippen LogP) is 4.13. The van der Waals surface area contributed by atoms with Crippen molar-refractivity contribution < 1.29 is 19.1 Å². The van der Waals surface area contributed by atoms with E-state index in [-0.39, 0.29) is 24.3 Å². The summed E-state index contributed by atoms with van der Waals surface area (Å²) < 4.78 is 5.52. The SMILES string of the molecule is CCN(CC)C(=O)COc1ccc(NC(=O)/C=C/c2ccc(C(=O)NC3CC3)cc2)cc1Cl. The minimum Gasteiger partial charge on any atom is -0.482 e. The van der Waals surface area contributed by atoms with Gasteiger partial charge in [0.1, 0.15) is 5.75 Å². The van der Waals surface area contributed by atoms with Crippen LogP contribution in [0.1, 0.15) is 42.6 Å². The number of benzene rings is 2. The van der Waals surface area contributed by atoms with E-state index in [0.717, 1.165) is 18.4 Å². The lowest BCUT2D eigenvalue weighted by Crippen LogP contribution is -2.34. The van der Waals surface area contributed by atoms with Crippen LogP contribution in [0.4, 0.5) is 5.69 Å². The van der Waals surface area contributed by atoms with Crippen molar-refractivity contribution >= 4 is 41.1 Å². The molecule has 2 aromatic carbocycles. The van der Waals surface area contributed by atoms with Crippen molar-refractivity contribution in [2.45, 2.75) is 32.7 Å². The second-order valence-corrected chi connectivity index (χ2v) is 8.10. The van der Waals surface area contributed by atoms with E-state index in [1.807, 2.05) is 13.8 Å². The summed E-state index contributed by atoms with van der Waals surface area (Å²) in [6, 6.07) is 12.2. The molecule has 0 aliphatic heterocycles. The van der Waals surface area contributed by atoms with Crippen LogP contribution in [0.5, 0.6) is 5.75 Å².